The molecule has 10 nitrogen and oxygen atoms in total. The summed E-state index contributed by atoms with van der Waals surface area (Å²) in [6.45, 7) is 1.51. The number of esters is 4. The fourth-order valence-corrected chi connectivity index (χ4v) is 3.57. The Morgan fingerprint density at radius 3 is 1.30 bits per heavy atom. The van der Waals surface area contributed by atoms with Crippen LogP contribution in [0.1, 0.15) is 45.2 Å². The smallest absolute Gasteiger partial charge is 0.343 e. The molecule has 4 aromatic rings. The van der Waals surface area contributed by atoms with Gasteiger partial charge in [-0.15, -0.1) is 0 Å². The number of benzene rings is 4. The summed E-state index contributed by atoms with van der Waals surface area (Å²) in [5, 5.41) is 17.7. The number of ether oxygens (including phenoxy) is 4. The molecule has 0 spiro atoms. The van der Waals surface area contributed by atoms with Crippen molar-refractivity contribution in [2.24, 2.45) is 5.92 Å². The van der Waals surface area contributed by atoms with Gasteiger partial charge in [-0.1, -0.05) is 6.92 Å². The van der Waals surface area contributed by atoms with Gasteiger partial charge in [-0.25, -0.2) is 9.59 Å². The van der Waals surface area contributed by atoms with Crippen molar-refractivity contribution in [2.45, 2.75) is 13.3 Å². The Balaban J connectivity index is 1.23. The highest BCUT2D eigenvalue weighted by atomic mass is 16.5. The first kappa shape index (κ1) is 29.7. The number of hydrogen-bond donors (Lipinski definition) is 0. The van der Waals surface area contributed by atoms with E-state index in [-0.39, 0.29) is 40.5 Å². The molecule has 4 rings (SSSR count). The number of nitriles is 2. The first-order chi connectivity index (χ1) is 20.7. The van der Waals surface area contributed by atoms with Crippen LogP contribution in [-0.2, 0) is 9.59 Å². The molecule has 0 aliphatic rings. The van der Waals surface area contributed by atoms with E-state index in [1.807, 2.05) is 12.1 Å². The molecule has 1 unspecified atom stereocenters. The zero-order chi connectivity index (χ0) is 30.8. The van der Waals surface area contributed by atoms with Gasteiger partial charge in [0.2, 0.25) is 0 Å². The summed E-state index contributed by atoms with van der Waals surface area (Å²) in [7, 11) is 0. The molecule has 0 amide bonds. The molecular formula is C33H22N2O8. The van der Waals surface area contributed by atoms with Crippen molar-refractivity contribution in [2.75, 3.05) is 0 Å². The Morgan fingerprint density at radius 1 is 0.558 bits per heavy atom. The number of carbonyl (C=O) groups excluding carboxylic acids is 4. The largest absolute Gasteiger partial charge is 0.427 e. The summed E-state index contributed by atoms with van der Waals surface area (Å²) in [6.07, 6.45) is -0.268. The Hall–Kier alpha value is -6.26. The van der Waals surface area contributed by atoms with Gasteiger partial charge in [0, 0.05) is 0 Å². The van der Waals surface area contributed by atoms with E-state index in [0.717, 1.165) is 0 Å². The highest BCUT2D eigenvalue weighted by Gasteiger charge is 2.21. The standard InChI is InChI=1S/C33H22N2O8/c1-21(31(37)41-29-16-8-25(9-17-29)33(39)43-28-12-4-23(20-35)5-13-28)18-30(36)40-26-14-6-24(7-15-26)32(38)42-27-10-2-22(19-34)3-11-27/h2-17,21H,18H2,1H3. The second-order valence-corrected chi connectivity index (χ2v) is 9.10. The first-order valence-corrected chi connectivity index (χ1v) is 12.8. The molecule has 10 heteroatoms. The van der Waals surface area contributed by atoms with Crippen molar-refractivity contribution in [3.05, 3.63) is 119 Å². The third-order valence-electron chi connectivity index (χ3n) is 5.89. The highest BCUT2D eigenvalue weighted by Crippen LogP contribution is 2.20. The van der Waals surface area contributed by atoms with Crippen LogP contribution in [-0.4, -0.2) is 23.9 Å². The van der Waals surface area contributed by atoms with Crippen LogP contribution in [0.2, 0.25) is 0 Å². The SMILES string of the molecule is CC(CC(=O)Oc1ccc(C(=O)Oc2ccc(C#N)cc2)cc1)C(=O)Oc1ccc(C(=O)Oc2ccc(C#N)cc2)cc1. The minimum atomic E-state index is -0.838. The lowest BCUT2D eigenvalue weighted by molar-refractivity contribution is -0.144. The summed E-state index contributed by atoms with van der Waals surface area (Å²) in [5.41, 5.74) is 1.30. The molecule has 0 heterocycles. The zero-order valence-electron chi connectivity index (χ0n) is 22.7. The van der Waals surface area contributed by atoms with Gasteiger partial charge in [0.05, 0.1) is 46.7 Å². The molecule has 0 fully saturated rings. The van der Waals surface area contributed by atoms with E-state index in [1.165, 1.54) is 104 Å². The van der Waals surface area contributed by atoms with Crippen molar-refractivity contribution in [1.82, 2.24) is 0 Å². The van der Waals surface area contributed by atoms with Gasteiger partial charge < -0.3 is 18.9 Å². The molecule has 0 bridgehead atoms. The van der Waals surface area contributed by atoms with Crippen LogP contribution < -0.4 is 18.9 Å². The minimum absolute atomic E-state index is 0.170. The molecule has 0 saturated carbocycles. The third-order valence-corrected chi connectivity index (χ3v) is 5.89. The molecule has 212 valence electrons. The van der Waals surface area contributed by atoms with Gasteiger partial charge in [0.1, 0.15) is 23.0 Å². The van der Waals surface area contributed by atoms with E-state index < -0.39 is 29.8 Å². The normalized spacial score (nSPS) is 10.8. The van der Waals surface area contributed by atoms with E-state index in [4.69, 9.17) is 29.5 Å². The average molecular weight is 575 g/mol. The quantitative estimate of drug-likeness (QED) is 0.187. The van der Waals surface area contributed by atoms with Crippen LogP contribution >= 0.6 is 0 Å². The van der Waals surface area contributed by atoms with Gasteiger partial charge in [0.15, 0.2) is 0 Å². The molecular weight excluding hydrogens is 552 g/mol. The van der Waals surface area contributed by atoms with Crippen molar-refractivity contribution in [3.8, 4) is 35.1 Å². The summed E-state index contributed by atoms with van der Waals surface area (Å²) in [4.78, 5) is 49.6. The summed E-state index contributed by atoms with van der Waals surface area (Å²) in [5.74, 6) is -2.56. The summed E-state index contributed by atoms with van der Waals surface area (Å²) in [6, 6.07) is 27.5. The maximum absolute atomic E-state index is 12.5. The lowest BCUT2D eigenvalue weighted by Gasteiger charge is -2.11. The molecule has 0 aliphatic heterocycles. The number of hydrogen-bond acceptors (Lipinski definition) is 10. The molecule has 1 atom stereocenters. The number of carbonyl (C=O) groups is 4. The van der Waals surface area contributed by atoms with Gasteiger partial charge in [-0.3, -0.25) is 9.59 Å². The molecule has 0 saturated heterocycles. The van der Waals surface area contributed by atoms with Gasteiger partial charge in [0.25, 0.3) is 0 Å². The Kier molecular flexibility index (Phi) is 9.59. The molecule has 0 aromatic heterocycles. The summed E-state index contributed by atoms with van der Waals surface area (Å²) >= 11 is 0. The molecule has 43 heavy (non-hydrogen) atoms. The van der Waals surface area contributed by atoms with Gasteiger partial charge >= 0.3 is 23.9 Å². The third kappa shape index (κ3) is 8.37. The van der Waals surface area contributed by atoms with E-state index in [0.29, 0.717) is 11.1 Å². The van der Waals surface area contributed by atoms with Crippen molar-refractivity contribution in [1.29, 1.82) is 10.5 Å². The van der Waals surface area contributed by atoms with Crippen molar-refractivity contribution in [3.63, 3.8) is 0 Å². The highest BCUT2D eigenvalue weighted by molar-refractivity contribution is 5.92. The average Bonchev–Trinajstić information content (AvgIpc) is 3.02. The zero-order valence-corrected chi connectivity index (χ0v) is 22.7. The van der Waals surface area contributed by atoms with E-state index in [1.54, 1.807) is 0 Å². The van der Waals surface area contributed by atoms with E-state index >= 15 is 0 Å². The summed E-state index contributed by atoms with van der Waals surface area (Å²) < 4.78 is 21.1. The fourth-order valence-electron chi connectivity index (χ4n) is 3.57. The Bertz CT molecular complexity index is 1720. The lowest BCUT2D eigenvalue weighted by Crippen LogP contribution is -2.23. The van der Waals surface area contributed by atoms with Crippen LogP contribution in [0, 0.1) is 28.6 Å². The first-order valence-electron chi connectivity index (χ1n) is 12.8. The predicted octanol–water partition coefficient (Wildman–Crippen LogP) is 5.41. The number of rotatable bonds is 9. The van der Waals surface area contributed by atoms with Crippen LogP contribution in [0.15, 0.2) is 97.1 Å². The van der Waals surface area contributed by atoms with Crippen LogP contribution in [0.3, 0.4) is 0 Å². The Labute approximate surface area is 246 Å². The van der Waals surface area contributed by atoms with Gasteiger partial charge in [-0.2, -0.15) is 10.5 Å². The van der Waals surface area contributed by atoms with Crippen LogP contribution in [0.5, 0.6) is 23.0 Å². The van der Waals surface area contributed by atoms with E-state index in [2.05, 4.69) is 0 Å². The monoisotopic (exact) mass is 574 g/mol. The van der Waals surface area contributed by atoms with Gasteiger partial charge in [-0.05, 0) is 97.1 Å². The molecule has 0 radical (unpaired) electrons. The van der Waals surface area contributed by atoms with Crippen molar-refractivity contribution < 1.29 is 38.1 Å². The maximum atomic E-state index is 12.5. The molecule has 0 N–H and O–H groups in total. The Morgan fingerprint density at radius 2 is 0.907 bits per heavy atom. The topological polar surface area (TPSA) is 153 Å². The lowest BCUT2D eigenvalue weighted by atomic mass is 10.1. The molecule has 0 aliphatic carbocycles. The number of nitrogens with zero attached hydrogens (tertiary/aromatic N) is 2. The maximum Gasteiger partial charge on any atom is 0.343 e. The van der Waals surface area contributed by atoms with Crippen LogP contribution in [0.25, 0.3) is 0 Å². The molecule has 4 aromatic carbocycles. The van der Waals surface area contributed by atoms with E-state index in [9.17, 15) is 19.2 Å². The minimum Gasteiger partial charge on any atom is -0.427 e. The van der Waals surface area contributed by atoms with Crippen molar-refractivity contribution >= 4 is 23.9 Å². The fraction of sp³-hybridized carbons (Fsp3) is 0.0909. The second-order valence-electron chi connectivity index (χ2n) is 9.10. The predicted molar refractivity (Wildman–Crippen MR) is 150 cm³/mol. The van der Waals surface area contributed by atoms with Crippen LogP contribution in [0.4, 0.5) is 0 Å². The second kappa shape index (κ2) is 13.9.